The summed E-state index contributed by atoms with van der Waals surface area (Å²) in [4.78, 5) is 4.35. The number of anilines is 1. The van der Waals surface area contributed by atoms with E-state index in [1.807, 2.05) is 45.0 Å². The van der Waals surface area contributed by atoms with E-state index in [1.165, 1.54) is 0 Å². The normalized spacial score (nSPS) is 11.6. The molecular weight excluding hydrogens is 250 g/mol. The minimum absolute atomic E-state index is 0.0952. The Hall–Kier alpha value is -1.55. The van der Waals surface area contributed by atoms with Gasteiger partial charge in [0.25, 0.3) is 0 Å². The average molecular weight is 266 g/mol. The maximum absolute atomic E-state index is 5.81. The Morgan fingerprint density at radius 1 is 1.22 bits per heavy atom. The molecule has 1 aromatic heterocycles. The van der Waals surface area contributed by atoms with Crippen LogP contribution in [0, 0.1) is 0 Å². The number of benzene rings is 1. The number of hydrogen-bond acceptors (Lipinski definition) is 4. The van der Waals surface area contributed by atoms with Crippen LogP contribution in [0.4, 0.5) is 5.69 Å². The van der Waals surface area contributed by atoms with Crippen LogP contribution in [0.25, 0.3) is 0 Å². The van der Waals surface area contributed by atoms with Crippen molar-refractivity contribution in [3.63, 3.8) is 0 Å². The van der Waals surface area contributed by atoms with Crippen molar-refractivity contribution in [2.75, 3.05) is 5.32 Å². The Balaban J connectivity index is 1.98. The summed E-state index contributed by atoms with van der Waals surface area (Å²) in [7, 11) is 0. The fourth-order valence-electron chi connectivity index (χ4n) is 1.38. The van der Waals surface area contributed by atoms with Crippen LogP contribution >= 0.6 is 11.6 Å². The van der Waals surface area contributed by atoms with Crippen LogP contribution in [0.5, 0.6) is 0 Å². The van der Waals surface area contributed by atoms with Crippen LogP contribution in [-0.4, -0.2) is 10.1 Å². The molecule has 0 aliphatic heterocycles. The van der Waals surface area contributed by atoms with Gasteiger partial charge in [-0.1, -0.05) is 37.5 Å². The Labute approximate surface area is 111 Å². The van der Waals surface area contributed by atoms with Gasteiger partial charge < -0.3 is 9.84 Å². The highest BCUT2D eigenvalue weighted by molar-refractivity contribution is 6.30. The van der Waals surface area contributed by atoms with Gasteiger partial charge in [-0.05, 0) is 24.3 Å². The lowest BCUT2D eigenvalue weighted by molar-refractivity contribution is 0.367. The van der Waals surface area contributed by atoms with Crippen molar-refractivity contribution in [2.45, 2.75) is 32.7 Å². The molecule has 2 aromatic rings. The van der Waals surface area contributed by atoms with Crippen molar-refractivity contribution < 1.29 is 4.52 Å². The SMILES string of the molecule is CC(C)(C)c1noc(CNc2ccc(Cl)cc2)n1. The molecule has 1 aromatic carbocycles. The topological polar surface area (TPSA) is 51.0 Å². The first-order valence-corrected chi connectivity index (χ1v) is 6.15. The standard InChI is InChI=1S/C13H16ClN3O/c1-13(2,3)12-16-11(18-17-12)8-15-10-6-4-9(14)5-7-10/h4-7,15H,8H2,1-3H3. The van der Waals surface area contributed by atoms with E-state index in [1.54, 1.807) is 0 Å². The first-order valence-electron chi connectivity index (χ1n) is 5.77. The van der Waals surface area contributed by atoms with Gasteiger partial charge in [0.15, 0.2) is 5.82 Å². The molecule has 4 nitrogen and oxygen atoms in total. The minimum Gasteiger partial charge on any atom is -0.376 e. The third-order valence-corrected chi connectivity index (χ3v) is 2.68. The summed E-state index contributed by atoms with van der Waals surface area (Å²) in [6.07, 6.45) is 0. The summed E-state index contributed by atoms with van der Waals surface area (Å²) in [5.41, 5.74) is 0.872. The van der Waals surface area contributed by atoms with Crippen LogP contribution in [0.2, 0.25) is 5.02 Å². The summed E-state index contributed by atoms with van der Waals surface area (Å²) in [6, 6.07) is 7.48. The number of nitrogens with one attached hydrogen (secondary N) is 1. The number of halogens is 1. The second-order valence-electron chi connectivity index (χ2n) is 5.12. The lowest BCUT2D eigenvalue weighted by atomic mass is 9.96. The molecular formula is C13H16ClN3O. The summed E-state index contributed by atoms with van der Waals surface area (Å²) in [5.74, 6) is 1.30. The van der Waals surface area contributed by atoms with Crippen LogP contribution in [0.3, 0.4) is 0 Å². The molecule has 0 amide bonds. The zero-order chi connectivity index (χ0) is 13.2. The summed E-state index contributed by atoms with van der Waals surface area (Å²) in [6.45, 7) is 6.65. The Bertz CT molecular complexity index is 514. The van der Waals surface area contributed by atoms with Gasteiger partial charge in [0.2, 0.25) is 5.89 Å². The van der Waals surface area contributed by atoms with E-state index >= 15 is 0 Å². The molecule has 0 aliphatic rings. The molecule has 0 aliphatic carbocycles. The van der Waals surface area contributed by atoms with E-state index in [0.29, 0.717) is 17.5 Å². The molecule has 0 atom stereocenters. The van der Waals surface area contributed by atoms with Crippen molar-refractivity contribution in [3.05, 3.63) is 41.0 Å². The van der Waals surface area contributed by atoms with Crippen LogP contribution in [-0.2, 0) is 12.0 Å². The summed E-state index contributed by atoms with van der Waals surface area (Å²) >= 11 is 5.81. The molecule has 18 heavy (non-hydrogen) atoms. The van der Waals surface area contributed by atoms with E-state index in [-0.39, 0.29) is 5.41 Å². The van der Waals surface area contributed by atoms with Gasteiger partial charge in [0.05, 0.1) is 6.54 Å². The van der Waals surface area contributed by atoms with Gasteiger partial charge in [0.1, 0.15) is 0 Å². The monoisotopic (exact) mass is 265 g/mol. The summed E-state index contributed by atoms with van der Waals surface area (Å²) < 4.78 is 5.19. The Kier molecular flexibility index (Phi) is 3.57. The van der Waals surface area contributed by atoms with Gasteiger partial charge in [0, 0.05) is 16.1 Å². The number of nitrogens with zero attached hydrogens (tertiary/aromatic N) is 2. The maximum atomic E-state index is 5.81. The molecule has 0 saturated heterocycles. The Morgan fingerprint density at radius 3 is 2.44 bits per heavy atom. The van der Waals surface area contributed by atoms with Crippen LogP contribution < -0.4 is 5.32 Å². The second kappa shape index (κ2) is 4.98. The van der Waals surface area contributed by atoms with E-state index in [9.17, 15) is 0 Å². The number of hydrogen-bond donors (Lipinski definition) is 1. The quantitative estimate of drug-likeness (QED) is 0.921. The van der Waals surface area contributed by atoms with E-state index in [2.05, 4.69) is 15.5 Å². The van der Waals surface area contributed by atoms with Crippen molar-refractivity contribution in [2.24, 2.45) is 0 Å². The highest BCUT2D eigenvalue weighted by Gasteiger charge is 2.20. The van der Waals surface area contributed by atoms with E-state index < -0.39 is 0 Å². The lowest BCUT2D eigenvalue weighted by Crippen LogP contribution is -2.13. The maximum Gasteiger partial charge on any atom is 0.245 e. The number of aromatic nitrogens is 2. The minimum atomic E-state index is -0.0952. The van der Waals surface area contributed by atoms with Gasteiger partial charge >= 0.3 is 0 Å². The highest BCUT2D eigenvalue weighted by atomic mass is 35.5. The number of rotatable bonds is 3. The molecule has 0 bridgehead atoms. The molecule has 0 radical (unpaired) electrons. The van der Waals surface area contributed by atoms with Crippen molar-refractivity contribution >= 4 is 17.3 Å². The predicted molar refractivity (Wildman–Crippen MR) is 71.8 cm³/mol. The first kappa shape index (κ1) is 12.9. The predicted octanol–water partition coefficient (Wildman–Crippen LogP) is 3.63. The zero-order valence-corrected chi connectivity index (χ0v) is 11.5. The highest BCUT2D eigenvalue weighted by Crippen LogP contribution is 2.19. The van der Waals surface area contributed by atoms with Gasteiger partial charge in [-0.2, -0.15) is 4.98 Å². The molecule has 5 heteroatoms. The molecule has 0 fully saturated rings. The van der Waals surface area contributed by atoms with Gasteiger partial charge in [-0.3, -0.25) is 0 Å². The first-order chi connectivity index (χ1) is 8.45. The third kappa shape index (κ3) is 3.23. The third-order valence-electron chi connectivity index (χ3n) is 2.43. The van der Waals surface area contributed by atoms with Crippen LogP contribution in [0.15, 0.2) is 28.8 Å². The van der Waals surface area contributed by atoms with Gasteiger partial charge in [-0.15, -0.1) is 0 Å². The molecule has 0 spiro atoms. The molecule has 2 rings (SSSR count). The average Bonchev–Trinajstić information content (AvgIpc) is 2.77. The van der Waals surface area contributed by atoms with E-state index in [0.717, 1.165) is 11.5 Å². The fourth-order valence-corrected chi connectivity index (χ4v) is 1.50. The largest absolute Gasteiger partial charge is 0.376 e. The van der Waals surface area contributed by atoms with Gasteiger partial charge in [-0.25, -0.2) is 0 Å². The Morgan fingerprint density at radius 2 is 1.89 bits per heavy atom. The van der Waals surface area contributed by atoms with Crippen LogP contribution in [0.1, 0.15) is 32.5 Å². The van der Waals surface area contributed by atoms with Crippen molar-refractivity contribution in [3.8, 4) is 0 Å². The molecule has 96 valence electrons. The zero-order valence-electron chi connectivity index (χ0n) is 10.7. The van der Waals surface area contributed by atoms with Crippen molar-refractivity contribution in [1.29, 1.82) is 0 Å². The molecule has 0 unspecified atom stereocenters. The molecule has 1 N–H and O–H groups in total. The fraction of sp³-hybridized carbons (Fsp3) is 0.385. The smallest absolute Gasteiger partial charge is 0.245 e. The van der Waals surface area contributed by atoms with E-state index in [4.69, 9.17) is 16.1 Å². The molecule has 0 saturated carbocycles. The van der Waals surface area contributed by atoms with Crippen molar-refractivity contribution in [1.82, 2.24) is 10.1 Å². The second-order valence-corrected chi connectivity index (χ2v) is 5.56. The molecule has 1 heterocycles. The summed E-state index contributed by atoms with van der Waals surface area (Å²) in [5, 5.41) is 7.88. The lowest BCUT2D eigenvalue weighted by Gasteiger charge is -2.10.